The molecule has 1 atom stereocenters. The van der Waals surface area contributed by atoms with E-state index in [1.807, 2.05) is 13.8 Å². The molecule has 0 heterocycles. The van der Waals surface area contributed by atoms with Crippen molar-refractivity contribution in [1.29, 1.82) is 5.26 Å². The Labute approximate surface area is 192 Å². The van der Waals surface area contributed by atoms with Crippen LogP contribution in [-0.2, 0) is 21.7 Å². The first kappa shape index (κ1) is 24.1. The van der Waals surface area contributed by atoms with Gasteiger partial charge in [0, 0.05) is 5.41 Å². The van der Waals surface area contributed by atoms with Crippen molar-refractivity contribution >= 4 is 9.84 Å². The summed E-state index contributed by atoms with van der Waals surface area (Å²) in [6.07, 6.45) is 4.93. The maximum absolute atomic E-state index is 12.5. The zero-order valence-corrected chi connectivity index (χ0v) is 20.5. The Kier molecular flexibility index (Phi) is 6.86. The number of fused-ring (bicyclic) bond motifs is 1. The molecule has 0 aliphatic heterocycles. The van der Waals surface area contributed by atoms with Gasteiger partial charge in [-0.25, -0.2) is 8.42 Å². The van der Waals surface area contributed by atoms with Gasteiger partial charge in [0.25, 0.3) is 0 Å². The molecule has 0 amide bonds. The quantitative estimate of drug-likeness (QED) is 0.447. The highest BCUT2D eigenvalue weighted by molar-refractivity contribution is 7.94. The van der Waals surface area contributed by atoms with Gasteiger partial charge < -0.3 is 4.74 Å². The first-order valence-electron chi connectivity index (χ1n) is 11.2. The summed E-state index contributed by atoms with van der Waals surface area (Å²) in [6.45, 7) is 8.37. The van der Waals surface area contributed by atoms with Crippen molar-refractivity contribution in [1.82, 2.24) is 0 Å². The summed E-state index contributed by atoms with van der Waals surface area (Å²) >= 11 is 0. The monoisotopic (exact) mass is 451 g/mol. The van der Waals surface area contributed by atoms with Gasteiger partial charge in [-0.3, -0.25) is 0 Å². The summed E-state index contributed by atoms with van der Waals surface area (Å²) in [4.78, 5) is 0.302. The number of rotatable bonds is 9. The molecule has 1 unspecified atom stereocenters. The summed E-state index contributed by atoms with van der Waals surface area (Å²) in [7, 11) is -1.77. The summed E-state index contributed by atoms with van der Waals surface area (Å²) in [6, 6.07) is 15.3. The fraction of sp³-hybridized carbons (Fsp3) is 0.444. The Morgan fingerprint density at radius 3 is 2.50 bits per heavy atom. The van der Waals surface area contributed by atoms with E-state index in [1.165, 1.54) is 16.5 Å². The molecule has 3 rings (SSSR count). The van der Waals surface area contributed by atoms with Crippen LogP contribution in [0.25, 0.3) is 0 Å². The van der Waals surface area contributed by atoms with Gasteiger partial charge in [0.15, 0.2) is 9.84 Å². The second kappa shape index (κ2) is 9.11. The van der Waals surface area contributed by atoms with Crippen LogP contribution < -0.4 is 4.74 Å². The van der Waals surface area contributed by atoms with Crippen molar-refractivity contribution in [3.63, 3.8) is 0 Å². The number of hydrogen-bond acceptors (Lipinski definition) is 4. The predicted molar refractivity (Wildman–Crippen MR) is 128 cm³/mol. The molecule has 0 aromatic heterocycles. The number of benzene rings is 2. The fourth-order valence-corrected chi connectivity index (χ4v) is 5.69. The van der Waals surface area contributed by atoms with Crippen LogP contribution in [0.5, 0.6) is 5.75 Å². The van der Waals surface area contributed by atoms with Crippen molar-refractivity contribution in [2.75, 3.05) is 7.11 Å². The van der Waals surface area contributed by atoms with E-state index in [2.05, 4.69) is 32.0 Å². The smallest absolute Gasteiger partial charge is 0.199 e. The van der Waals surface area contributed by atoms with Crippen molar-refractivity contribution in [3.8, 4) is 11.8 Å². The third-order valence-electron chi connectivity index (χ3n) is 6.49. The molecule has 0 fully saturated rings. The van der Waals surface area contributed by atoms with Crippen LogP contribution >= 0.6 is 0 Å². The zero-order chi connectivity index (χ0) is 23.6. The molecule has 1 aliphatic rings. The lowest BCUT2D eigenvalue weighted by molar-refractivity contribution is 0.355. The molecule has 5 heteroatoms. The number of allylic oxidation sites excluding steroid dienone is 1. The Morgan fingerprint density at radius 2 is 1.91 bits per heavy atom. The van der Waals surface area contributed by atoms with Crippen molar-refractivity contribution < 1.29 is 13.2 Å². The number of ether oxygens (including phenoxy) is 1. The molecule has 0 bridgehead atoms. The highest BCUT2D eigenvalue weighted by atomic mass is 32.2. The minimum Gasteiger partial charge on any atom is -0.496 e. The predicted octanol–water partition coefficient (Wildman–Crippen LogP) is 6.32. The van der Waals surface area contributed by atoms with E-state index in [4.69, 9.17) is 4.74 Å². The van der Waals surface area contributed by atoms with E-state index in [0.29, 0.717) is 10.8 Å². The molecular formula is C27H33NO3S. The lowest BCUT2D eigenvalue weighted by Gasteiger charge is -2.40. The number of sulfone groups is 1. The molecule has 0 saturated heterocycles. The van der Waals surface area contributed by atoms with Crippen molar-refractivity contribution in [2.45, 2.75) is 69.6 Å². The van der Waals surface area contributed by atoms with Gasteiger partial charge in [-0.15, -0.1) is 0 Å². The Morgan fingerprint density at radius 1 is 1.22 bits per heavy atom. The zero-order valence-electron chi connectivity index (χ0n) is 19.7. The fourth-order valence-electron chi connectivity index (χ4n) is 4.45. The third-order valence-corrected chi connectivity index (χ3v) is 7.92. The number of nitrogens with zero attached hydrogens (tertiary/aromatic N) is 1. The normalized spacial score (nSPS) is 18.3. The van der Waals surface area contributed by atoms with Crippen LogP contribution in [0.15, 0.2) is 58.8 Å². The largest absolute Gasteiger partial charge is 0.496 e. The second-order valence-corrected chi connectivity index (χ2v) is 11.6. The van der Waals surface area contributed by atoms with Crippen LogP contribution in [0.4, 0.5) is 0 Å². The maximum atomic E-state index is 12.5. The van der Waals surface area contributed by atoms with E-state index in [0.717, 1.165) is 37.0 Å². The van der Waals surface area contributed by atoms with Crippen LogP contribution in [0.3, 0.4) is 0 Å². The minimum absolute atomic E-state index is 0.287. The van der Waals surface area contributed by atoms with Gasteiger partial charge in [-0.2, -0.15) is 5.26 Å². The molecule has 0 radical (unpaired) electrons. The SMILES string of the molecule is COc1cc2c(cc1C(C)C)CC2(C#N)CCCC(C)(C)/C=C/S(=O)(=O)c1ccccc1. The van der Waals surface area contributed by atoms with E-state index in [1.54, 1.807) is 43.5 Å². The van der Waals surface area contributed by atoms with Crippen LogP contribution in [0, 0.1) is 16.7 Å². The lowest BCUT2D eigenvalue weighted by Crippen LogP contribution is -2.38. The van der Waals surface area contributed by atoms with E-state index < -0.39 is 15.3 Å². The first-order valence-corrected chi connectivity index (χ1v) is 12.7. The van der Waals surface area contributed by atoms with Crippen molar-refractivity contribution in [2.24, 2.45) is 5.41 Å². The molecule has 0 saturated carbocycles. The molecule has 2 aromatic rings. The van der Waals surface area contributed by atoms with Crippen LogP contribution in [-0.4, -0.2) is 15.5 Å². The van der Waals surface area contributed by atoms with Gasteiger partial charge in [0.1, 0.15) is 5.75 Å². The van der Waals surface area contributed by atoms with Gasteiger partial charge >= 0.3 is 0 Å². The Hall–Kier alpha value is -2.58. The molecular weight excluding hydrogens is 418 g/mol. The van der Waals surface area contributed by atoms with Gasteiger partial charge in [0.05, 0.1) is 23.5 Å². The average Bonchev–Trinajstić information content (AvgIpc) is 2.75. The first-order chi connectivity index (χ1) is 15.0. The molecule has 1 aliphatic carbocycles. The lowest BCUT2D eigenvalue weighted by atomic mass is 9.61. The Bertz CT molecular complexity index is 1140. The van der Waals surface area contributed by atoms with E-state index in [9.17, 15) is 13.7 Å². The standard InChI is InChI=1S/C27H33NO3S/c1-20(2)23-16-21-18-27(19-28,24(21)17-25(23)31-5)13-9-12-26(3,4)14-15-32(29,30)22-10-7-6-8-11-22/h6-8,10-11,14-17,20H,9,12-13,18H2,1-5H3/b15-14+. The molecule has 2 aromatic carbocycles. The summed E-state index contributed by atoms with van der Waals surface area (Å²) < 4.78 is 30.7. The van der Waals surface area contributed by atoms with E-state index in [-0.39, 0.29) is 5.41 Å². The number of hydrogen-bond donors (Lipinski definition) is 0. The number of nitriles is 1. The van der Waals surface area contributed by atoms with Crippen LogP contribution in [0.1, 0.15) is 69.6 Å². The minimum atomic E-state index is -3.45. The van der Waals surface area contributed by atoms with Gasteiger partial charge in [0.2, 0.25) is 0 Å². The third kappa shape index (κ3) is 4.91. The highest BCUT2D eigenvalue weighted by Crippen LogP contribution is 2.48. The topological polar surface area (TPSA) is 67.2 Å². The van der Waals surface area contributed by atoms with Gasteiger partial charge in [-0.1, -0.05) is 64.5 Å². The summed E-state index contributed by atoms with van der Waals surface area (Å²) in [5.74, 6) is 1.22. The second-order valence-electron chi connectivity index (χ2n) is 9.78. The van der Waals surface area contributed by atoms with Gasteiger partial charge in [-0.05, 0) is 65.5 Å². The molecule has 4 nitrogen and oxygen atoms in total. The van der Waals surface area contributed by atoms with Crippen LogP contribution in [0.2, 0.25) is 0 Å². The molecule has 0 N–H and O–H groups in total. The molecule has 32 heavy (non-hydrogen) atoms. The van der Waals surface area contributed by atoms with E-state index >= 15 is 0 Å². The number of methoxy groups -OCH3 is 1. The van der Waals surface area contributed by atoms with Crippen molar-refractivity contribution in [3.05, 3.63) is 70.6 Å². The average molecular weight is 452 g/mol. The Balaban J connectivity index is 1.68. The molecule has 0 spiro atoms. The maximum Gasteiger partial charge on any atom is 0.199 e. The highest BCUT2D eigenvalue weighted by Gasteiger charge is 2.43. The molecule has 170 valence electrons. The summed E-state index contributed by atoms with van der Waals surface area (Å²) in [5, 5.41) is 11.3. The summed E-state index contributed by atoms with van der Waals surface area (Å²) in [5.41, 5.74) is 2.74.